The van der Waals surface area contributed by atoms with Crippen LogP contribution >= 0.6 is 0 Å². The highest BCUT2D eigenvalue weighted by atomic mass is 15.1. The van der Waals surface area contributed by atoms with Crippen LogP contribution in [0.4, 0.5) is 5.95 Å². The van der Waals surface area contributed by atoms with Crippen LogP contribution in [0.2, 0.25) is 0 Å². The maximum Gasteiger partial charge on any atom is 0.220 e. The van der Waals surface area contributed by atoms with E-state index in [1.165, 1.54) is 18.7 Å². The minimum atomic E-state index is 0.305. The summed E-state index contributed by atoms with van der Waals surface area (Å²) < 4.78 is 2.22. The first-order chi connectivity index (χ1) is 8.29. The molecule has 0 aliphatic heterocycles. The van der Waals surface area contributed by atoms with E-state index in [9.17, 15) is 0 Å². The number of anilines is 1. The summed E-state index contributed by atoms with van der Waals surface area (Å²) in [5, 5.41) is 0. The van der Waals surface area contributed by atoms with E-state index in [2.05, 4.69) is 26.4 Å². The Hall–Kier alpha value is -1.91. The molecule has 0 unspecified atom stereocenters. The Morgan fingerprint density at radius 3 is 2.88 bits per heavy atom. The Kier molecular flexibility index (Phi) is 2.31. The number of hydrogen-bond acceptors (Lipinski definition) is 4. The van der Waals surface area contributed by atoms with Gasteiger partial charge in [-0.25, -0.2) is 15.0 Å². The summed E-state index contributed by atoms with van der Waals surface area (Å²) >= 11 is 0. The van der Waals surface area contributed by atoms with E-state index in [-0.39, 0.29) is 0 Å². The molecule has 1 aliphatic rings. The average Bonchev–Trinajstić information content (AvgIpc) is 3.08. The van der Waals surface area contributed by atoms with Gasteiger partial charge in [0.15, 0.2) is 0 Å². The third kappa shape index (κ3) is 1.77. The van der Waals surface area contributed by atoms with Crippen LogP contribution in [0.1, 0.15) is 31.5 Å². The first kappa shape index (κ1) is 10.3. The molecule has 1 saturated carbocycles. The zero-order valence-electron chi connectivity index (χ0n) is 9.80. The number of nitrogen functional groups attached to an aromatic ring is 1. The third-order valence-electron chi connectivity index (χ3n) is 3.08. The van der Waals surface area contributed by atoms with E-state index in [0.29, 0.717) is 11.9 Å². The number of hydrogen-bond donors (Lipinski definition) is 1. The van der Waals surface area contributed by atoms with Crippen LogP contribution in [-0.4, -0.2) is 19.5 Å². The first-order valence-electron chi connectivity index (χ1n) is 5.94. The van der Waals surface area contributed by atoms with Gasteiger partial charge in [0, 0.05) is 18.7 Å². The summed E-state index contributed by atoms with van der Waals surface area (Å²) in [5.74, 6) is 2.13. The van der Waals surface area contributed by atoms with Crippen molar-refractivity contribution in [3.63, 3.8) is 0 Å². The highest BCUT2D eigenvalue weighted by Crippen LogP contribution is 2.40. The number of rotatable bonds is 3. The molecule has 0 saturated heterocycles. The van der Waals surface area contributed by atoms with Gasteiger partial charge in [-0.15, -0.1) is 0 Å². The van der Waals surface area contributed by atoms with Crippen molar-refractivity contribution in [3.05, 3.63) is 24.3 Å². The normalized spacial score (nSPS) is 15.1. The summed E-state index contributed by atoms with van der Waals surface area (Å²) in [5.41, 5.74) is 7.49. The summed E-state index contributed by atoms with van der Waals surface area (Å²) in [6, 6.07) is 1.87. The van der Waals surface area contributed by atoms with Gasteiger partial charge in [0.25, 0.3) is 0 Å². The second-order valence-electron chi connectivity index (χ2n) is 4.32. The van der Waals surface area contributed by atoms with Crippen LogP contribution < -0.4 is 5.73 Å². The maximum atomic E-state index is 5.61. The molecule has 88 valence electrons. The summed E-state index contributed by atoms with van der Waals surface area (Å²) in [7, 11) is 0. The lowest BCUT2D eigenvalue weighted by Gasteiger charge is -2.08. The summed E-state index contributed by atoms with van der Waals surface area (Å²) in [6.07, 6.45) is 6.07. The lowest BCUT2D eigenvalue weighted by atomic mass is 10.3. The number of nitrogens with zero attached hydrogens (tertiary/aromatic N) is 4. The highest BCUT2D eigenvalue weighted by Gasteiger charge is 2.29. The van der Waals surface area contributed by atoms with Gasteiger partial charge in [-0.3, -0.25) is 0 Å². The van der Waals surface area contributed by atoms with E-state index in [0.717, 1.165) is 17.9 Å². The molecular weight excluding hydrogens is 214 g/mol. The van der Waals surface area contributed by atoms with Crippen LogP contribution in [0.5, 0.6) is 0 Å². The molecule has 17 heavy (non-hydrogen) atoms. The minimum Gasteiger partial charge on any atom is -0.368 e. The minimum absolute atomic E-state index is 0.305. The molecule has 5 nitrogen and oxygen atoms in total. The van der Waals surface area contributed by atoms with Crippen LogP contribution in [0, 0.1) is 0 Å². The fraction of sp³-hybridized carbons (Fsp3) is 0.417. The Balaban J connectivity index is 2.08. The van der Waals surface area contributed by atoms with E-state index in [1.807, 2.05) is 12.3 Å². The molecule has 0 radical (unpaired) electrons. The van der Waals surface area contributed by atoms with Gasteiger partial charge in [-0.2, -0.15) is 0 Å². The average molecular weight is 229 g/mol. The van der Waals surface area contributed by atoms with Crippen molar-refractivity contribution >= 4 is 5.95 Å². The molecule has 3 rings (SSSR count). The smallest absolute Gasteiger partial charge is 0.220 e. The van der Waals surface area contributed by atoms with E-state index >= 15 is 0 Å². The number of imidazole rings is 1. The Bertz CT molecular complexity index is 542. The molecule has 0 bridgehead atoms. The van der Waals surface area contributed by atoms with E-state index in [4.69, 9.17) is 5.73 Å². The van der Waals surface area contributed by atoms with Gasteiger partial charge in [0.1, 0.15) is 5.82 Å². The predicted molar refractivity (Wildman–Crippen MR) is 65.3 cm³/mol. The van der Waals surface area contributed by atoms with Gasteiger partial charge >= 0.3 is 0 Å². The molecule has 2 heterocycles. The third-order valence-corrected chi connectivity index (χ3v) is 3.08. The fourth-order valence-electron chi connectivity index (χ4n) is 2.11. The topological polar surface area (TPSA) is 69.6 Å². The molecule has 0 atom stereocenters. The lowest BCUT2D eigenvalue weighted by Crippen LogP contribution is -2.04. The van der Waals surface area contributed by atoms with E-state index < -0.39 is 0 Å². The van der Waals surface area contributed by atoms with Gasteiger partial charge < -0.3 is 10.3 Å². The van der Waals surface area contributed by atoms with Crippen molar-refractivity contribution in [1.82, 2.24) is 19.5 Å². The van der Waals surface area contributed by atoms with Gasteiger partial charge in [-0.1, -0.05) is 0 Å². The zero-order chi connectivity index (χ0) is 11.8. The number of aromatic nitrogens is 4. The van der Waals surface area contributed by atoms with Gasteiger partial charge in [0.2, 0.25) is 5.95 Å². The Labute approximate surface area is 99.7 Å². The maximum absolute atomic E-state index is 5.61. The molecule has 2 aromatic rings. The van der Waals surface area contributed by atoms with E-state index in [1.54, 1.807) is 6.20 Å². The largest absolute Gasteiger partial charge is 0.368 e. The second-order valence-corrected chi connectivity index (χ2v) is 4.32. The van der Waals surface area contributed by atoms with Crippen molar-refractivity contribution in [3.8, 4) is 11.4 Å². The van der Waals surface area contributed by atoms with Crippen molar-refractivity contribution in [1.29, 1.82) is 0 Å². The Morgan fingerprint density at radius 2 is 2.24 bits per heavy atom. The molecular formula is C12H15N5. The van der Waals surface area contributed by atoms with Gasteiger partial charge in [0.05, 0.1) is 17.6 Å². The van der Waals surface area contributed by atoms with Crippen LogP contribution in [-0.2, 0) is 6.54 Å². The molecule has 2 N–H and O–H groups in total. The molecule has 1 fully saturated rings. The standard InChI is InChI=1S/C12H15N5/c1-2-17-10(7-15-11(17)8-3-4-8)9-5-6-14-12(13)16-9/h5-8H,2-4H2,1H3,(H2,13,14,16). The second kappa shape index (κ2) is 3.84. The lowest BCUT2D eigenvalue weighted by molar-refractivity contribution is 0.705. The molecule has 0 aromatic carbocycles. The zero-order valence-corrected chi connectivity index (χ0v) is 9.80. The SMILES string of the molecule is CCn1c(-c2ccnc(N)n2)cnc1C1CC1. The summed E-state index contributed by atoms with van der Waals surface area (Å²) in [4.78, 5) is 12.7. The van der Waals surface area contributed by atoms with Gasteiger partial charge in [-0.05, 0) is 25.8 Å². The Morgan fingerprint density at radius 1 is 1.41 bits per heavy atom. The van der Waals surface area contributed by atoms with Crippen molar-refractivity contribution < 1.29 is 0 Å². The van der Waals surface area contributed by atoms with Crippen LogP contribution in [0.15, 0.2) is 18.5 Å². The predicted octanol–water partition coefficient (Wildman–Crippen LogP) is 1.82. The molecule has 2 aromatic heterocycles. The summed E-state index contributed by atoms with van der Waals surface area (Å²) in [6.45, 7) is 3.03. The quantitative estimate of drug-likeness (QED) is 0.871. The highest BCUT2D eigenvalue weighted by molar-refractivity contribution is 5.55. The van der Waals surface area contributed by atoms with Crippen LogP contribution in [0.25, 0.3) is 11.4 Å². The van der Waals surface area contributed by atoms with Crippen molar-refractivity contribution in [2.45, 2.75) is 32.2 Å². The van der Waals surface area contributed by atoms with Crippen molar-refractivity contribution in [2.24, 2.45) is 0 Å². The molecule has 0 spiro atoms. The van der Waals surface area contributed by atoms with Crippen LogP contribution in [0.3, 0.4) is 0 Å². The molecule has 5 heteroatoms. The molecule has 0 amide bonds. The van der Waals surface area contributed by atoms with Crippen molar-refractivity contribution in [2.75, 3.05) is 5.73 Å². The first-order valence-corrected chi connectivity index (χ1v) is 5.94. The number of nitrogens with two attached hydrogens (primary N) is 1. The fourth-order valence-corrected chi connectivity index (χ4v) is 2.11. The monoisotopic (exact) mass is 229 g/mol. The molecule has 1 aliphatic carbocycles.